The Bertz CT molecular complexity index is 866. The monoisotopic (exact) mass is 389 g/mol. The Morgan fingerprint density at radius 1 is 1.21 bits per heavy atom. The molecule has 0 saturated carbocycles. The molecule has 5 nitrogen and oxygen atoms in total. The van der Waals surface area contributed by atoms with Crippen molar-refractivity contribution in [3.63, 3.8) is 0 Å². The van der Waals surface area contributed by atoms with Crippen LogP contribution < -0.4 is 5.32 Å². The van der Waals surface area contributed by atoms with E-state index in [1.54, 1.807) is 18.2 Å². The second-order valence-electron chi connectivity index (χ2n) is 5.07. The zero-order valence-corrected chi connectivity index (χ0v) is 14.1. The minimum absolute atomic E-state index is 0.0424. The van der Waals surface area contributed by atoms with Crippen molar-refractivity contribution in [2.24, 2.45) is 0 Å². The summed E-state index contributed by atoms with van der Waals surface area (Å²) in [5, 5.41) is 6.53. The number of amides is 1. The standard InChI is InChI=1S/C17H13BrFN3O2/c18-13-6-3-5-12(8-13)17-21-16(24-22-17)10-20-15(23)9-11-4-1-2-7-14(11)19/h1-8H,9-10H2,(H,20,23). The summed E-state index contributed by atoms with van der Waals surface area (Å²) in [7, 11) is 0. The molecular formula is C17H13BrFN3O2. The average Bonchev–Trinajstić information content (AvgIpc) is 3.04. The third-order valence-electron chi connectivity index (χ3n) is 3.30. The highest BCUT2D eigenvalue weighted by molar-refractivity contribution is 9.10. The first-order valence-electron chi connectivity index (χ1n) is 7.20. The van der Waals surface area contributed by atoms with Crippen molar-refractivity contribution in [3.8, 4) is 11.4 Å². The van der Waals surface area contributed by atoms with Gasteiger partial charge >= 0.3 is 0 Å². The molecule has 0 bridgehead atoms. The molecule has 0 spiro atoms. The van der Waals surface area contributed by atoms with E-state index in [1.807, 2.05) is 24.3 Å². The minimum atomic E-state index is -0.401. The Kier molecular flexibility index (Phi) is 5.00. The molecule has 3 rings (SSSR count). The van der Waals surface area contributed by atoms with Crippen LogP contribution in [-0.2, 0) is 17.8 Å². The maximum absolute atomic E-state index is 13.5. The maximum Gasteiger partial charge on any atom is 0.246 e. The first-order valence-corrected chi connectivity index (χ1v) is 8.00. The van der Waals surface area contributed by atoms with Gasteiger partial charge < -0.3 is 9.84 Å². The number of nitrogens with one attached hydrogen (secondary N) is 1. The lowest BCUT2D eigenvalue weighted by Gasteiger charge is -2.03. The van der Waals surface area contributed by atoms with E-state index in [0.717, 1.165) is 10.0 Å². The van der Waals surface area contributed by atoms with Crippen molar-refractivity contribution in [2.75, 3.05) is 0 Å². The van der Waals surface area contributed by atoms with E-state index >= 15 is 0 Å². The van der Waals surface area contributed by atoms with Gasteiger partial charge in [-0.25, -0.2) is 4.39 Å². The SMILES string of the molecule is O=C(Cc1ccccc1F)NCc1nc(-c2cccc(Br)c2)no1. The second kappa shape index (κ2) is 7.35. The molecule has 3 aromatic rings. The quantitative estimate of drug-likeness (QED) is 0.724. The van der Waals surface area contributed by atoms with E-state index in [1.165, 1.54) is 6.07 Å². The molecule has 1 heterocycles. The molecule has 122 valence electrons. The highest BCUT2D eigenvalue weighted by atomic mass is 79.9. The molecule has 0 fully saturated rings. The van der Waals surface area contributed by atoms with Gasteiger partial charge in [0.25, 0.3) is 0 Å². The van der Waals surface area contributed by atoms with Crippen LogP contribution >= 0.6 is 15.9 Å². The topological polar surface area (TPSA) is 68.0 Å². The molecule has 1 aromatic heterocycles. The minimum Gasteiger partial charge on any atom is -0.347 e. The Labute approximate surface area is 146 Å². The summed E-state index contributed by atoms with van der Waals surface area (Å²) in [5.74, 6) is 0.00574. The van der Waals surface area contributed by atoms with Crippen LogP contribution in [0, 0.1) is 5.82 Å². The predicted octanol–water partition coefficient (Wildman–Crippen LogP) is 3.50. The Balaban J connectivity index is 1.59. The first kappa shape index (κ1) is 16.3. The van der Waals surface area contributed by atoms with E-state index in [2.05, 4.69) is 31.4 Å². The van der Waals surface area contributed by atoms with Crippen LogP contribution in [-0.4, -0.2) is 16.0 Å². The molecule has 0 radical (unpaired) electrons. The number of halogens is 2. The summed E-state index contributed by atoms with van der Waals surface area (Å²) < 4.78 is 19.5. The lowest BCUT2D eigenvalue weighted by molar-refractivity contribution is -0.120. The highest BCUT2D eigenvalue weighted by Gasteiger charge is 2.11. The Morgan fingerprint density at radius 2 is 2.04 bits per heavy atom. The van der Waals surface area contributed by atoms with E-state index in [-0.39, 0.29) is 24.8 Å². The van der Waals surface area contributed by atoms with Gasteiger partial charge in [0, 0.05) is 10.0 Å². The molecule has 1 amide bonds. The van der Waals surface area contributed by atoms with Gasteiger partial charge in [-0.1, -0.05) is 51.4 Å². The summed E-state index contributed by atoms with van der Waals surface area (Å²) in [6.45, 7) is 0.0916. The number of rotatable bonds is 5. The molecule has 7 heteroatoms. The van der Waals surface area contributed by atoms with Gasteiger partial charge in [-0.3, -0.25) is 4.79 Å². The molecule has 0 aliphatic heterocycles. The zero-order valence-electron chi connectivity index (χ0n) is 12.5. The van der Waals surface area contributed by atoms with E-state index in [0.29, 0.717) is 11.4 Å². The van der Waals surface area contributed by atoms with Gasteiger partial charge in [0.15, 0.2) is 0 Å². The van der Waals surface area contributed by atoms with Crippen molar-refractivity contribution in [2.45, 2.75) is 13.0 Å². The molecule has 0 saturated heterocycles. The maximum atomic E-state index is 13.5. The summed E-state index contributed by atoms with van der Waals surface area (Å²) in [6.07, 6.45) is -0.0424. The summed E-state index contributed by atoms with van der Waals surface area (Å²) in [6, 6.07) is 13.7. The zero-order chi connectivity index (χ0) is 16.9. The molecule has 2 aromatic carbocycles. The van der Waals surface area contributed by atoms with E-state index < -0.39 is 5.82 Å². The van der Waals surface area contributed by atoms with Crippen molar-refractivity contribution in [1.29, 1.82) is 0 Å². The van der Waals surface area contributed by atoms with Gasteiger partial charge in [0.05, 0.1) is 13.0 Å². The smallest absolute Gasteiger partial charge is 0.246 e. The van der Waals surface area contributed by atoms with Crippen molar-refractivity contribution < 1.29 is 13.7 Å². The third kappa shape index (κ3) is 4.05. The number of hydrogen-bond acceptors (Lipinski definition) is 4. The van der Waals surface area contributed by atoms with Crippen molar-refractivity contribution >= 4 is 21.8 Å². The number of aromatic nitrogens is 2. The molecule has 0 aliphatic rings. The fraction of sp³-hybridized carbons (Fsp3) is 0.118. The van der Waals surface area contributed by atoms with Gasteiger partial charge in [-0.2, -0.15) is 4.98 Å². The van der Waals surface area contributed by atoms with Crippen molar-refractivity contribution in [1.82, 2.24) is 15.5 Å². The number of benzene rings is 2. The lowest BCUT2D eigenvalue weighted by Crippen LogP contribution is -2.25. The normalized spacial score (nSPS) is 10.6. The van der Waals surface area contributed by atoms with Gasteiger partial charge in [0.2, 0.25) is 17.6 Å². The Hall–Kier alpha value is -2.54. The Morgan fingerprint density at radius 3 is 2.83 bits per heavy atom. The summed E-state index contributed by atoms with van der Waals surface area (Å²) >= 11 is 3.38. The van der Waals surface area contributed by atoms with Crippen LogP contribution in [0.2, 0.25) is 0 Å². The van der Waals surface area contributed by atoms with E-state index in [4.69, 9.17) is 4.52 Å². The molecule has 0 unspecified atom stereocenters. The fourth-order valence-electron chi connectivity index (χ4n) is 2.12. The third-order valence-corrected chi connectivity index (χ3v) is 3.79. The fourth-order valence-corrected chi connectivity index (χ4v) is 2.52. The molecule has 0 aliphatic carbocycles. The van der Waals surface area contributed by atoms with Crippen LogP contribution in [0.3, 0.4) is 0 Å². The molecule has 24 heavy (non-hydrogen) atoms. The molecular weight excluding hydrogens is 377 g/mol. The number of carbonyl (C=O) groups is 1. The van der Waals surface area contributed by atoms with Crippen LogP contribution in [0.5, 0.6) is 0 Å². The van der Waals surface area contributed by atoms with Crippen LogP contribution in [0.4, 0.5) is 4.39 Å². The van der Waals surface area contributed by atoms with Crippen LogP contribution in [0.1, 0.15) is 11.5 Å². The van der Waals surface area contributed by atoms with E-state index in [9.17, 15) is 9.18 Å². The van der Waals surface area contributed by atoms with Gasteiger partial charge in [-0.15, -0.1) is 0 Å². The average molecular weight is 390 g/mol. The number of carbonyl (C=O) groups excluding carboxylic acids is 1. The summed E-state index contributed by atoms with van der Waals surface area (Å²) in [4.78, 5) is 16.1. The number of nitrogens with zero attached hydrogens (tertiary/aromatic N) is 2. The number of hydrogen-bond donors (Lipinski definition) is 1. The van der Waals surface area contributed by atoms with Crippen LogP contribution in [0.25, 0.3) is 11.4 Å². The predicted molar refractivity (Wildman–Crippen MR) is 89.4 cm³/mol. The largest absolute Gasteiger partial charge is 0.347 e. The molecule has 1 N–H and O–H groups in total. The second-order valence-corrected chi connectivity index (χ2v) is 5.98. The van der Waals surface area contributed by atoms with Crippen molar-refractivity contribution in [3.05, 3.63) is 70.3 Å². The van der Waals surface area contributed by atoms with Crippen LogP contribution in [0.15, 0.2) is 57.5 Å². The molecule has 0 atom stereocenters. The van der Waals surface area contributed by atoms with Gasteiger partial charge in [0.1, 0.15) is 5.82 Å². The highest BCUT2D eigenvalue weighted by Crippen LogP contribution is 2.20. The first-order chi connectivity index (χ1) is 11.6. The summed E-state index contributed by atoms with van der Waals surface area (Å²) in [5.41, 5.74) is 1.15. The lowest BCUT2D eigenvalue weighted by atomic mass is 10.1. The van der Waals surface area contributed by atoms with Gasteiger partial charge in [-0.05, 0) is 23.8 Å².